The Labute approximate surface area is 117 Å². The van der Waals surface area contributed by atoms with Gasteiger partial charge >= 0.3 is 0 Å². The lowest BCUT2D eigenvalue weighted by Crippen LogP contribution is -2.30. The zero-order valence-electron chi connectivity index (χ0n) is 11.9. The van der Waals surface area contributed by atoms with E-state index < -0.39 is 4.92 Å². The molecule has 20 heavy (non-hydrogen) atoms. The van der Waals surface area contributed by atoms with Gasteiger partial charge in [0.1, 0.15) is 5.69 Å². The Bertz CT molecular complexity index is 567. The molecular weight excluding hydrogens is 258 g/mol. The van der Waals surface area contributed by atoms with Gasteiger partial charge in [-0.05, 0) is 38.3 Å². The first-order valence-electron chi connectivity index (χ1n) is 6.72. The third kappa shape index (κ3) is 2.89. The largest absolute Gasteiger partial charge is 0.375 e. The maximum absolute atomic E-state index is 11.4. The molecule has 1 heterocycles. The van der Waals surface area contributed by atoms with Crippen molar-refractivity contribution in [2.45, 2.75) is 45.6 Å². The van der Waals surface area contributed by atoms with Crippen LogP contribution in [0.25, 0.3) is 0 Å². The minimum atomic E-state index is -0.422. The fourth-order valence-corrected chi connectivity index (χ4v) is 2.12. The Morgan fingerprint density at radius 3 is 2.70 bits per heavy atom. The van der Waals surface area contributed by atoms with Crippen molar-refractivity contribution in [3.63, 3.8) is 0 Å². The van der Waals surface area contributed by atoms with E-state index in [1.54, 1.807) is 6.07 Å². The van der Waals surface area contributed by atoms with Crippen LogP contribution in [0, 0.1) is 10.1 Å². The Morgan fingerprint density at radius 2 is 2.10 bits per heavy atom. The highest BCUT2D eigenvalue weighted by Gasteiger charge is 2.25. The lowest BCUT2D eigenvalue weighted by atomic mass is 9.98. The molecule has 2 rings (SSSR count). The summed E-state index contributed by atoms with van der Waals surface area (Å²) in [5, 5.41) is 17.1. The summed E-state index contributed by atoms with van der Waals surface area (Å²) in [6.07, 6.45) is 1.87. The molecule has 1 aromatic rings. The predicted octanol–water partition coefficient (Wildman–Crippen LogP) is 3.08. The van der Waals surface area contributed by atoms with Gasteiger partial charge in [0.2, 0.25) is 5.91 Å². The van der Waals surface area contributed by atoms with Crippen LogP contribution in [-0.4, -0.2) is 16.4 Å². The average Bonchev–Trinajstić information content (AvgIpc) is 2.37. The van der Waals surface area contributed by atoms with Gasteiger partial charge in [0, 0.05) is 18.0 Å². The Morgan fingerprint density at radius 1 is 1.40 bits per heavy atom. The number of nitro groups is 1. The summed E-state index contributed by atoms with van der Waals surface area (Å²) in [5.74, 6) is -0.0959. The van der Waals surface area contributed by atoms with Crippen molar-refractivity contribution in [2.24, 2.45) is 0 Å². The van der Waals surface area contributed by atoms with Gasteiger partial charge in [-0.15, -0.1) is 0 Å². The highest BCUT2D eigenvalue weighted by Crippen LogP contribution is 2.35. The predicted molar refractivity (Wildman–Crippen MR) is 78.0 cm³/mol. The van der Waals surface area contributed by atoms with Crippen molar-refractivity contribution in [3.05, 3.63) is 27.8 Å². The molecule has 108 valence electrons. The number of amides is 1. The Hall–Kier alpha value is -2.11. The number of aryl methyl sites for hydroxylation is 1. The molecule has 0 aromatic heterocycles. The van der Waals surface area contributed by atoms with Gasteiger partial charge < -0.3 is 10.6 Å². The van der Waals surface area contributed by atoms with Crippen LogP contribution in [0.15, 0.2) is 12.1 Å². The fourth-order valence-electron chi connectivity index (χ4n) is 2.12. The minimum absolute atomic E-state index is 0.00697. The van der Waals surface area contributed by atoms with E-state index in [9.17, 15) is 14.9 Å². The van der Waals surface area contributed by atoms with E-state index >= 15 is 0 Å². The van der Waals surface area contributed by atoms with Crippen molar-refractivity contribution < 1.29 is 9.72 Å². The van der Waals surface area contributed by atoms with Gasteiger partial charge in [-0.3, -0.25) is 14.9 Å². The van der Waals surface area contributed by atoms with E-state index in [1.807, 2.05) is 20.8 Å². The van der Waals surface area contributed by atoms with Crippen molar-refractivity contribution in [1.82, 2.24) is 0 Å². The standard InChI is InChI=1S/C14H19N3O3/c1-4-14(2,3)16-11-7-9-5-6-13(18)15-10(9)8-12(11)17(19)20/h7-8,16H,4-6H2,1-3H3,(H,15,18). The van der Waals surface area contributed by atoms with Crippen molar-refractivity contribution in [2.75, 3.05) is 10.6 Å². The second kappa shape index (κ2) is 5.11. The normalized spacial score (nSPS) is 14.4. The number of nitrogens with zero attached hydrogens (tertiary/aromatic N) is 1. The molecule has 0 unspecified atom stereocenters. The van der Waals surface area contributed by atoms with Gasteiger partial charge in [0.05, 0.1) is 10.6 Å². The molecule has 0 aliphatic carbocycles. The van der Waals surface area contributed by atoms with Gasteiger partial charge in [0.25, 0.3) is 5.69 Å². The van der Waals surface area contributed by atoms with Gasteiger partial charge in [-0.25, -0.2) is 0 Å². The molecule has 0 saturated heterocycles. The number of hydrogen-bond acceptors (Lipinski definition) is 4. The zero-order chi connectivity index (χ0) is 14.9. The fraction of sp³-hybridized carbons (Fsp3) is 0.500. The molecule has 1 aliphatic rings. The molecular formula is C14H19N3O3. The molecule has 2 N–H and O–H groups in total. The third-order valence-corrected chi connectivity index (χ3v) is 3.67. The monoisotopic (exact) mass is 277 g/mol. The number of nitro benzene ring substituents is 1. The molecule has 0 atom stereocenters. The van der Waals surface area contributed by atoms with Crippen LogP contribution >= 0.6 is 0 Å². The highest BCUT2D eigenvalue weighted by atomic mass is 16.6. The van der Waals surface area contributed by atoms with E-state index in [1.165, 1.54) is 6.07 Å². The number of carbonyl (C=O) groups excluding carboxylic acids is 1. The van der Waals surface area contributed by atoms with Crippen LogP contribution in [0.3, 0.4) is 0 Å². The molecule has 1 aliphatic heterocycles. The topological polar surface area (TPSA) is 84.3 Å². The van der Waals surface area contributed by atoms with Crippen LogP contribution < -0.4 is 10.6 Å². The summed E-state index contributed by atoms with van der Waals surface area (Å²) in [7, 11) is 0. The second-order valence-electron chi connectivity index (χ2n) is 5.69. The van der Waals surface area contributed by atoms with Crippen LogP contribution in [-0.2, 0) is 11.2 Å². The molecule has 0 spiro atoms. The van der Waals surface area contributed by atoms with E-state index in [4.69, 9.17) is 0 Å². The van der Waals surface area contributed by atoms with Crippen LogP contribution in [0.5, 0.6) is 0 Å². The third-order valence-electron chi connectivity index (χ3n) is 3.67. The number of carbonyl (C=O) groups is 1. The minimum Gasteiger partial charge on any atom is -0.375 e. The van der Waals surface area contributed by atoms with E-state index in [0.717, 1.165) is 12.0 Å². The first kappa shape index (κ1) is 14.3. The average molecular weight is 277 g/mol. The summed E-state index contributed by atoms with van der Waals surface area (Å²) in [5.41, 5.74) is 1.76. The first-order valence-corrected chi connectivity index (χ1v) is 6.72. The zero-order valence-corrected chi connectivity index (χ0v) is 11.9. The SMILES string of the molecule is CCC(C)(C)Nc1cc2c(cc1[N+](=O)[O-])NC(=O)CC2. The Balaban J connectivity index is 2.45. The van der Waals surface area contributed by atoms with Gasteiger partial charge in [-0.1, -0.05) is 6.92 Å². The Kier molecular flexibility index (Phi) is 3.65. The molecule has 0 radical (unpaired) electrons. The summed E-state index contributed by atoms with van der Waals surface area (Å²) >= 11 is 0. The number of rotatable bonds is 4. The highest BCUT2D eigenvalue weighted by molar-refractivity contribution is 5.95. The quantitative estimate of drug-likeness (QED) is 0.654. The maximum atomic E-state index is 11.4. The smallest absolute Gasteiger partial charge is 0.294 e. The van der Waals surface area contributed by atoms with Crippen molar-refractivity contribution in [1.29, 1.82) is 0 Å². The summed E-state index contributed by atoms with van der Waals surface area (Å²) < 4.78 is 0. The summed E-state index contributed by atoms with van der Waals surface area (Å²) in [6.45, 7) is 6.02. The number of benzene rings is 1. The number of nitrogens with one attached hydrogen (secondary N) is 2. The van der Waals surface area contributed by atoms with E-state index in [-0.39, 0.29) is 17.1 Å². The van der Waals surface area contributed by atoms with Gasteiger partial charge in [0.15, 0.2) is 0 Å². The molecule has 1 aromatic carbocycles. The van der Waals surface area contributed by atoms with Crippen LogP contribution in [0.2, 0.25) is 0 Å². The lowest BCUT2D eigenvalue weighted by Gasteiger charge is -2.27. The number of fused-ring (bicyclic) bond motifs is 1. The molecule has 0 fully saturated rings. The first-order chi connectivity index (χ1) is 9.32. The number of hydrogen-bond donors (Lipinski definition) is 2. The summed E-state index contributed by atoms with van der Waals surface area (Å²) in [4.78, 5) is 22.2. The maximum Gasteiger partial charge on any atom is 0.294 e. The summed E-state index contributed by atoms with van der Waals surface area (Å²) in [6, 6.07) is 3.23. The van der Waals surface area contributed by atoms with Crippen molar-refractivity contribution in [3.8, 4) is 0 Å². The molecule has 0 bridgehead atoms. The molecule has 6 heteroatoms. The van der Waals surface area contributed by atoms with Gasteiger partial charge in [-0.2, -0.15) is 0 Å². The number of anilines is 2. The van der Waals surface area contributed by atoms with Crippen LogP contribution in [0.4, 0.5) is 17.1 Å². The molecule has 1 amide bonds. The second-order valence-corrected chi connectivity index (χ2v) is 5.69. The lowest BCUT2D eigenvalue weighted by molar-refractivity contribution is -0.383. The van der Waals surface area contributed by atoms with Crippen molar-refractivity contribution >= 4 is 23.0 Å². The van der Waals surface area contributed by atoms with E-state index in [2.05, 4.69) is 10.6 Å². The van der Waals surface area contributed by atoms with E-state index in [0.29, 0.717) is 24.2 Å². The van der Waals surface area contributed by atoms with Crippen LogP contribution in [0.1, 0.15) is 39.2 Å². The molecule has 0 saturated carbocycles. The molecule has 6 nitrogen and oxygen atoms in total.